The van der Waals surface area contributed by atoms with Gasteiger partial charge in [0.05, 0.1) is 0 Å². The topological polar surface area (TPSA) is 32.3 Å². The fraction of sp³-hybridized carbons (Fsp3) is 0.900. The SMILES string of the molecule is CNCCC(C)C(C)N(C)C(C)=O. The van der Waals surface area contributed by atoms with Gasteiger partial charge in [-0.3, -0.25) is 4.79 Å². The molecular formula is C10H22N2O. The first kappa shape index (κ1) is 12.4. The Bertz CT molecular complexity index is 159. The second kappa shape index (κ2) is 5.97. The van der Waals surface area contributed by atoms with Gasteiger partial charge in [-0.1, -0.05) is 6.92 Å². The number of carbonyl (C=O) groups excluding carboxylic acids is 1. The Labute approximate surface area is 81.5 Å². The van der Waals surface area contributed by atoms with Crippen LogP contribution in [-0.2, 0) is 4.79 Å². The first-order valence-corrected chi connectivity index (χ1v) is 4.88. The lowest BCUT2D eigenvalue weighted by Gasteiger charge is -2.29. The number of amides is 1. The molecule has 0 rings (SSSR count). The zero-order chi connectivity index (χ0) is 10.4. The molecule has 0 aliphatic heterocycles. The van der Waals surface area contributed by atoms with Gasteiger partial charge in [-0.2, -0.15) is 0 Å². The molecule has 3 heteroatoms. The fourth-order valence-corrected chi connectivity index (χ4v) is 1.28. The van der Waals surface area contributed by atoms with E-state index in [-0.39, 0.29) is 5.91 Å². The van der Waals surface area contributed by atoms with Crippen LogP contribution in [0.15, 0.2) is 0 Å². The summed E-state index contributed by atoms with van der Waals surface area (Å²) in [4.78, 5) is 12.9. The number of rotatable bonds is 5. The Morgan fingerprint density at radius 2 is 2.00 bits per heavy atom. The minimum Gasteiger partial charge on any atom is -0.343 e. The van der Waals surface area contributed by atoms with Gasteiger partial charge < -0.3 is 10.2 Å². The normalized spacial score (nSPS) is 15.2. The number of nitrogens with zero attached hydrogens (tertiary/aromatic N) is 1. The largest absolute Gasteiger partial charge is 0.343 e. The van der Waals surface area contributed by atoms with Crippen molar-refractivity contribution >= 4 is 5.91 Å². The Hall–Kier alpha value is -0.570. The second-order valence-electron chi connectivity index (χ2n) is 3.74. The summed E-state index contributed by atoms with van der Waals surface area (Å²) in [6.45, 7) is 6.90. The predicted octanol–water partition coefficient (Wildman–Crippen LogP) is 1.10. The smallest absolute Gasteiger partial charge is 0.219 e. The minimum atomic E-state index is 0.142. The van der Waals surface area contributed by atoms with Crippen LogP contribution in [-0.4, -0.2) is 37.5 Å². The van der Waals surface area contributed by atoms with E-state index in [9.17, 15) is 4.79 Å². The summed E-state index contributed by atoms with van der Waals surface area (Å²) in [5.41, 5.74) is 0. The van der Waals surface area contributed by atoms with Gasteiger partial charge in [0, 0.05) is 20.0 Å². The van der Waals surface area contributed by atoms with Gasteiger partial charge in [0.1, 0.15) is 0 Å². The van der Waals surface area contributed by atoms with Gasteiger partial charge >= 0.3 is 0 Å². The van der Waals surface area contributed by atoms with Crippen molar-refractivity contribution in [2.75, 3.05) is 20.6 Å². The molecule has 0 saturated heterocycles. The average Bonchev–Trinajstić information content (AvgIpc) is 2.11. The van der Waals surface area contributed by atoms with Crippen LogP contribution in [0.5, 0.6) is 0 Å². The number of hydrogen-bond acceptors (Lipinski definition) is 2. The third-order valence-electron chi connectivity index (χ3n) is 2.78. The molecule has 0 fully saturated rings. The van der Waals surface area contributed by atoms with Crippen LogP contribution in [0.3, 0.4) is 0 Å². The van der Waals surface area contributed by atoms with E-state index in [1.54, 1.807) is 11.8 Å². The molecule has 2 atom stereocenters. The molecule has 0 bridgehead atoms. The quantitative estimate of drug-likeness (QED) is 0.697. The molecule has 1 amide bonds. The molecule has 3 nitrogen and oxygen atoms in total. The van der Waals surface area contributed by atoms with Crippen LogP contribution in [0.4, 0.5) is 0 Å². The Kier molecular flexibility index (Phi) is 5.71. The number of carbonyl (C=O) groups is 1. The zero-order valence-corrected chi connectivity index (χ0v) is 9.42. The van der Waals surface area contributed by atoms with E-state index in [2.05, 4.69) is 19.2 Å². The van der Waals surface area contributed by atoms with Crippen molar-refractivity contribution < 1.29 is 4.79 Å². The molecule has 0 aromatic heterocycles. The third kappa shape index (κ3) is 4.27. The fourth-order valence-electron chi connectivity index (χ4n) is 1.28. The molecule has 13 heavy (non-hydrogen) atoms. The number of hydrogen-bond donors (Lipinski definition) is 1. The van der Waals surface area contributed by atoms with Crippen molar-refractivity contribution in [2.45, 2.75) is 33.2 Å². The Balaban J connectivity index is 3.93. The van der Waals surface area contributed by atoms with Crippen LogP contribution in [0.1, 0.15) is 27.2 Å². The van der Waals surface area contributed by atoms with Gasteiger partial charge in [-0.05, 0) is 32.9 Å². The number of nitrogens with one attached hydrogen (secondary N) is 1. The van der Waals surface area contributed by atoms with E-state index in [1.165, 1.54) is 0 Å². The average molecular weight is 186 g/mol. The van der Waals surface area contributed by atoms with Crippen LogP contribution < -0.4 is 5.32 Å². The van der Waals surface area contributed by atoms with E-state index in [4.69, 9.17) is 0 Å². The zero-order valence-electron chi connectivity index (χ0n) is 9.42. The highest BCUT2D eigenvalue weighted by atomic mass is 16.2. The maximum Gasteiger partial charge on any atom is 0.219 e. The first-order chi connectivity index (χ1) is 6.00. The molecule has 0 aliphatic rings. The van der Waals surface area contributed by atoms with E-state index in [0.717, 1.165) is 13.0 Å². The van der Waals surface area contributed by atoms with E-state index < -0.39 is 0 Å². The van der Waals surface area contributed by atoms with Crippen molar-refractivity contribution in [1.82, 2.24) is 10.2 Å². The van der Waals surface area contributed by atoms with Crippen molar-refractivity contribution in [1.29, 1.82) is 0 Å². The highest BCUT2D eigenvalue weighted by molar-refractivity contribution is 5.73. The molecule has 78 valence electrons. The Morgan fingerprint density at radius 1 is 1.46 bits per heavy atom. The molecule has 0 aliphatic carbocycles. The molecule has 1 N–H and O–H groups in total. The summed E-state index contributed by atoms with van der Waals surface area (Å²) in [5.74, 6) is 0.685. The van der Waals surface area contributed by atoms with Crippen LogP contribution in [0.2, 0.25) is 0 Å². The van der Waals surface area contributed by atoms with E-state index >= 15 is 0 Å². The maximum atomic E-state index is 11.1. The summed E-state index contributed by atoms with van der Waals surface area (Å²) in [6.07, 6.45) is 1.11. The van der Waals surface area contributed by atoms with Crippen LogP contribution in [0.25, 0.3) is 0 Å². The molecule has 0 aromatic carbocycles. The van der Waals surface area contributed by atoms with Gasteiger partial charge in [0.15, 0.2) is 0 Å². The van der Waals surface area contributed by atoms with E-state index in [1.807, 2.05) is 14.1 Å². The first-order valence-electron chi connectivity index (χ1n) is 4.88. The van der Waals surface area contributed by atoms with Gasteiger partial charge in [0.2, 0.25) is 5.91 Å². The summed E-state index contributed by atoms with van der Waals surface area (Å²) < 4.78 is 0. The monoisotopic (exact) mass is 186 g/mol. The molecule has 0 spiro atoms. The third-order valence-corrected chi connectivity index (χ3v) is 2.78. The highest BCUT2D eigenvalue weighted by Gasteiger charge is 2.17. The molecule has 0 saturated carbocycles. The lowest BCUT2D eigenvalue weighted by atomic mass is 9.98. The molecule has 2 unspecified atom stereocenters. The van der Waals surface area contributed by atoms with Crippen molar-refractivity contribution in [3.05, 3.63) is 0 Å². The lowest BCUT2D eigenvalue weighted by Crippen LogP contribution is -2.38. The van der Waals surface area contributed by atoms with Crippen molar-refractivity contribution in [3.8, 4) is 0 Å². The van der Waals surface area contributed by atoms with Crippen LogP contribution >= 0.6 is 0 Å². The lowest BCUT2D eigenvalue weighted by molar-refractivity contribution is -0.130. The van der Waals surface area contributed by atoms with Crippen LogP contribution in [0, 0.1) is 5.92 Å². The van der Waals surface area contributed by atoms with Crippen molar-refractivity contribution in [3.63, 3.8) is 0 Å². The maximum absolute atomic E-state index is 11.1. The van der Waals surface area contributed by atoms with Gasteiger partial charge in [0.25, 0.3) is 0 Å². The molecule has 0 aromatic rings. The highest BCUT2D eigenvalue weighted by Crippen LogP contribution is 2.12. The minimum absolute atomic E-state index is 0.142. The van der Waals surface area contributed by atoms with Crippen molar-refractivity contribution in [2.24, 2.45) is 5.92 Å². The van der Waals surface area contributed by atoms with Gasteiger partial charge in [-0.15, -0.1) is 0 Å². The summed E-state index contributed by atoms with van der Waals surface area (Å²) in [6, 6.07) is 0.325. The molecular weight excluding hydrogens is 164 g/mol. The Morgan fingerprint density at radius 3 is 2.38 bits per heavy atom. The summed E-state index contributed by atoms with van der Waals surface area (Å²) >= 11 is 0. The summed E-state index contributed by atoms with van der Waals surface area (Å²) in [7, 11) is 3.81. The molecule has 0 heterocycles. The van der Waals surface area contributed by atoms with Gasteiger partial charge in [-0.25, -0.2) is 0 Å². The second-order valence-corrected chi connectivity index (χ2v) is 3.74. The summed E-state index contributed by atoms with van der Waals surface area (Å²) in [5, 5.41) is 3.12. The standard InChI is InChI=1S/C10H22N2O/c1-8(6-7-11-4)9(2)12(5)10(3)13/h8-9,11H,6-7H2,1-5H3. The van der Waals surface area contributed by atoms with E-state index in [0.29, 0.717) is 12.0 Å². The predicted molar refractivity (Wildman–Crippen MR) is 55.6 cm³/mol. The molecule has 0 radical (unpaired) electrons.